The van der Waals surface area contributed by atoms with Crippen molar-refractivity contribution in [2.24, 2.45) is 0 Å². The van der Waals surface area contributed by atoms with Gasteiger partial charge in [-0.05, 0) is 32.1 Å². The summed E-state index contributed by atoms with van der Waals surface area (Å²) in [5.41, 5.74) is 0.691. The second-order valence-corrected chi connectivity index (χ2v) is 7.24. The number of ether oxygens (including phenoxy) is 1. The fraction of sp³-hybridized carbons (Fsp3) is 0.462. The molecule has 1 aromatic rings. The average molecular weight is 350 g/mol. The predicted octanol–water partition coefficient (Wildman–Crippen LogP) is 3.88. The van der Waals surface area contributed by atoms with Crippen molar-refractivity contribution in [2.75, 3.05) is 13.2 Å². The van der Waals surface area contributed by atoms with Crippen molar-refractivity contribution < 1.29 is 18.3 Å². The molecule has 2 atom stereocenters. The van der Waals surface area contributed by atoms with Crippen molar-refractivity contribution in [2.45, 2.75) is 25.7 Å². The maximum atomic E-state index is 13.0. The Morgan fingerprint density at radius 1 is 1.33 bits per heavy atom. The van der Waals surface area contributed by atoms with Gasteiger partial charge in [0, 0.05) is 10.6 Å². The summed E-state index contributed by atoms with van der Waals surface area (Å²) < 4.78 is 29.3. The number of benzene rings is 1. The van der Waals surface area contributed by atoms with Gasteiger partial charge in [-0.15, -0.1) is 0 Å². The van der Waals surface area contributed by atoms with Gasteiger partial charge in [0.15, 0.2) is 11.9 Å². The van der Waals surface area contributed by atoms with E-state index in [1.165, 1.54) is 0 Å². The molecule has 0 radical (unpaired) electrons. The van der Waals surface area contributed by atoms with Crippen LogP contribution in [0.15, 0.2) is 24.3 Å². The minimum atomic E-state index is -3.43. The van der Waals surface area contributed by atoms with Crippen LogP contribution in [0.1, 0.15) is 25.5 Å². The topological polar surface area (TPSA) is 56.8 Å². The van der Waals surface area contributed by atoms with Crippen LogP contribution in [0.25, 0.3) is 0 Å². The lowest BCUT2D eigenvalue weighted by molar-refractivity contribution is 0.177. The Bertz CT molecular complexity index is 561. The molecule has 116 valence electrons. The zero-order chi connectivity index (χ0) is 15.5. The van der Waals surface area contributed by atoms with Crippen molar-refractivity contribution in [1.82, 2.24) is 5.32 Å². The third-order valence-corrected chi connectivity index (χ3v) is 5.83. The standard InChI is InChI=1S/C13H17ClNO4PS/c1-3-17-20(16,18-4-2)12-11(19-13(21)15-12)9-7-5-6-8-10(9)14/h5-8,11-12H,3-4H2,1-2H3,(H,15,21)/t11-,12-/m1/s1. The maximum Gasteiger partial charge on any atom is 0.357 e. The van der Waals surface area contributed by atoms with Crippen LogP contribution in [-0.4, -0.2) is 24.2 Å². The molecule has 1 fully saturated rings. The van der Waals surface area contributed by atoms with Gasteiger partial charge in [-0.1, -0.05) is 29.8 Å². The molecule has 0 aromatic heterocycles. The first kappa shape index (κ1) is 16.7. The van der Waals surface area contributed by atoms with Gasteiger partial charge in [-0.25, -0.2) is 0 Å². The molecule has 0 saturated carbocycles. The molecule has 21 heavy (non-hydrogen) atoms. The van der Waals surface area contributed by atoms with E-state index in [1.54, 1.807) is 26.0 Å². The molecule has 0 spiro atoms. The van der Waals surface area contributed by atoms with Crippen molar-refractivity contribution in [3.63, 3.8) is 0 Å². The fourth-order valence-corrected chi connectivity index (χ4v) is 4.66. The fourth-order valence-electron chi connectivity index (χ4n) is 2.15. The minimum absolute atomic E-state index is 0.157. The summed E-state index contributed by atoms with van der Waals surface area (Å²) in [5.74, 6) is -0.718. The van der Waals surface area contributed by atoms with Gasteiger partial charge in [0.25, 0.3) is 5.17 Å². The Morgan fingerprint density at radius 2 is 1.95 bits per heavy atom. The maximum absolute atomic E-state index is 13.0. The van der Waals surface area contributed by atoms with Gasteiger partial charge < -0.3 is 19.1 Å². The highest BCUT2D eigenvalue weighted by Crippen LogP contribution is 2.58. The summed E-state index contributed by atoms with van der Waals surface area (Å²) in [5, 5.41) is 3.55. The molecule has 5 nitrogen and oxygen atoms in total. The van der Waals surface area contributed by atoms with Crippen molar-refractivity contribution >= 4 is 36.6 Å². The monoisotopic (exact) mass is 349 g/mol. The molecule has 0 aliphatic carbocycles. The van der Waals surface area contributed by atoms with Crippen LogP contribution in [0.4, 0.5) is 0 Å². The molecule has 0 bridgehead atoms. The minimum Gasteiger partial charge on any atom is -0.460 e. The van der Waals surface area contributed by atoms with Crippen LogP contribution < -0.4 is 5.32 Å². The highest BCUT2D eigenvalue weighted by atomic mass is 35.5. The van der Waals surface area contributed by atoms with E-state index >= 15 is 0 Å². The summed E-state index contributed by atoms with van der Waals surface area (Å²) in [6.45, 7) is 4.03. The van der Waals surface area contributed by atoms with Crippen LogP contribution in [0.2, 0.25) is 5.02 Å². The lowest BCUT2D eigenvalue weighted by atomic mass is 10.1. The number of rotatable bonds is 6. The molecule has 1 aromatic carbocycles. The summed E-state index contributed by atoms with van der Waals surface area (Å²) in [4.78, 5) is 0. The number of hydrogen-bond donors (Lipinski definition) is 1. The largest absolute Gasteiger partial charge is 0.460 e. The van der Waals surface area contributed by atoms with E-state index < -0.39 is 19.5 Å². The normalized spacial score (nSPS) is 22.0. The highest BCUT2D eigenvalue weighted by molar-refractivity contribution is 7.80. The molecule has 1 heterocycles. The van der Waals surface area contributed by atoms with Gasteiger partial charge in [0.1, 0.15) is 0 Å². The summed E-state index contributed by atoms with van der Waals surface area (Å²) in [6, 6.07) is 7.18. The molecule has 1 saturated heterocycles. The first-order chi connectivity index (χ1) is 10.0. The lowest BCUT2D eigenvalue weighted by Gasteiger charge is -2.26. The van der Waals surface area contributed by atoms with E-state index in [1.807, 2.05) is 12.1 Å². The summed E-state index contributed by atoms with van der Waals surface area (Å²) >= 11 is 11.2. The van der Waals surface area contributed by atoms with Crippen LogP contribution in [0, 0.1) is 0 Å². The van der Waals surface area contributed by atoms with Crippen molar-refractivity contribution in [3.05, 3.63) is 34.9 Å². The zero-order valence-electron chi connectivity index (χ0n) is 11.7. The Morgan fingerprint density at radius 3 is 2.52 bits per heavy atom. The molecule has 0 unspecified atom stereocenters. The van der Waals surface area contributed by atoms with Gasteiger partial charge in [0.2, 0.25) is 0 Å². The second-order valence-electron chi connectivity index (χ2n) is 4.31. The number of halogens is 1. The molecule has 2 rings (SSSR count). The Kier molecular flexibility index (Phi) is 5.63. The Balaban J connectivity index is 2.38. The molecule has 1 N–H and O–H groups in total. The summed E-state index contributed by atoms with van der Waals surface area (Å²) in [7, 11) is -3.43. The number of thiocarbonyl (C=S) groups is 1. The second kappa shape index (κ2) is 7.07. The van der Waals surface area contributed by atoms with Gasteiger partial charge in [-0.3, -0.25) is 4.57 Å². The third-order valence-electron chi connectivity index (χ3n) is 2.96. The van der Waals surface area contributed by atoms with Gasteiger partial charge >= 0.3 is 7.60 Å². The number of nitrogens with one attached hydrogen (secondary N) is 1. The predicted molar refractivity (Wildman–Crippen MR) is 85.7 cm³/mol. The quantitative estimate of drug-likeness (QED) is 0.621. The summed E-state index contributed by atoms with van der Waals surface area (Å²) in [6.07, 6.45) is -0.616. The Hall–Kier alpha value is -0.650. The van der Waals surface area contributed by atoms with Crippen LogP contribution in [0.5, 0.6) is 0 Å². The highest BCUT2D eigenvalue weighted by Gasteiger charge is 2.48. The van der Waals surface area contributed by atoms with E-state index in [0.717, 1.165) is 0 Å². The third kappa shape index (κ3) is 3.58. The Labute approximate surface area is 134 Å². The first-order valence-corrected chi connectivity index (χ1v) is 9.02. The van der Waals surface area contributed by atoms with Crippen LogP contribution in [0.3, 0.4) is 0 Å². The molecular formula is C13H17ClNO4PS. The molecular weight excluding hydrogens is 333 g/mol. The van der Waals surface area contributed by atoms with Crippen LogP contribution >= 0.6 is 31.4 Å². The van der Waals surface area contributed by atoms with E-state index in [9.17, 15) is 4.57 Å². The van der Waals surface area contributed by atoms with Crippen LogP contribution in [-0.2, 0) is 18.3 Å². The van der Waals surface area contributed by atoms with E-state index in [4.69, 9.17) is 37.6 Å². The molecule has 8 heteroatoms. The molecule has 0 amide bonds. The number of hydrogen-bond acceptors (Lipinski definition) is 5. The lowest BCUT2D eigenvalue weighted by Crippen LogP contribution is -2.29. The smallest absolute Gasteiger partial charge is 0.357 e. The SMILES string of the molecule is CCOP(=O)(OCC)[C@H]1NC(=S)O[C@@H]1c1ccccc1Cl. The van der Waals surface area contributed by atoms with E-state index in [-0.39, 0.29) is 18.4 Å². The average Bonchev–Trinajstić information content (AvgIpc) is 2.82. The van der Waals surface area contributed by atoms with Gasteiger partial charge in [-0.2, -0.15) is 0 Å². The zero-order valence-corrected chi connectivity index (χ0v) is 14.2. The van der Waals surface area contributed by atoms with E-state index in [0.29, 0.717) is 10.6 Å². The molecule has 1 aliphatic heterocycles. The van der Waals surface area contributed by atoms with E-state index in [2.05, 4.69) is 5.32 Å². The van der Waals surface area contributed by atoms with Crippen molar-refractivity contribution in [1.29, 1.82) is 0 Å². The van der Waals surface area contributed by atoms with Gasteiger partial charge in [0.05, 0.1) is 13.2 Å². The molecule has 1 aliphatic rings. The first-order valence-electron chi connectivity index (χ1n) is 6.62. The van der Waals surface area contributed by atoms with Crippen molar-refractivity contribution in [3.8, 4) is 0 Å².